The van der Waals surface area contributed by atoms with E-state index in [2.05, 4.69) is 15.0 Å². The van der Waals surface area contributed by atoms with Crippen LogP contribution in [0.2, 0.25) is 0 Å². The molecule has 0 aromatic carbocycles. The maximum absolute atomic E-state index is 11.8. The first-order valence-electron chi connectivity index (χ1n) is 5.00. The van der Waals surface area contributed by atoms with Crippen LogP contribution in [0.3, 0.4) is 0 Å². The zero-order chi connectivity index (χ0) is 11.7. The number of fused-ring (bicyclic) bond motifs is 1. The van der Waals surface area contributed by atoms with E-state index >= 15 is 0 Å². The third-order valence-corrected chi connectivity index (χ3v) is 2.30. The third-order valence-electron chi connectivity index (χ3n) is 2.30. The second kappa shape index (κ2) is 3.79. The van der Waals surface area contributed by atoms with Crippen molar-refractivity contribution >= 4 is 11.1 Å². The Morgan fingerprint density at radius 1 is 1.12 bits per heavy atom. The van der Waals surface area contributed by atoms with Crippen LogP contribution >= 0.6 is 0 Å². The normalized spacial score (nSPS) is 10.6. The van der Waals surface area contributed by atoms with E-state index in [0.717, 1.165) is 0 Å². The van der Waals surface area contributed by atoms with Crippen molar-refractivity contribution in [1.29, 1.82) is 0 Å². The van der Waals surface area contributed by atoms with Gasteiger partial charge in [-0.25, -0.2) is 9.97 Å². The lowest BCUT2D eigenvalue weighted by atomic mass is 10.2. The topological polar surface area (TPSA) is 68.9 Å². The Labute approximate surface area is 95.8 Å². The van der Waals surface area contributed by atoms with E-state index in [9.17, 15) is 4.79 Å². The minimum absolute atomic E-state index is 0.187. The van der Waals surface area contributed by atoms with E-state index in [-0.39, 0.29) is 5.43 Å². The molecule has 0 saturated heterocycles. The number of rotatable bonds is 1. The van der Waals surface area contributed by atoms with Gasteiger partial charge < -0.3 is 4.42 Å². The van der Waals surface area contributed by atoms with Crippen molar-refractivity contribution in [2.75, 3.05) is 0 Å². The van der Waals surface area contributed by atoms with Crippen LogP contribution in [0.1, 0.15) is 0 Å². The van der Waals surface area contributed by atoms with Crippen LogP contribution in [-0.4, -0.2) is 15.0 Å². The number of hydrogen-bond donors (Lipinski definition) is 0. The molecule has 0 unspecified atom stereocenters. The zero-order valence-electron chi connectivity index (χ0n) is 8.70. The highest BCUT2D eigenvalue weighted by Crippen LogP contribution is 2.17. The van der Waals surface area contributed by atoms with E-state index in [1.165, 1.54) is 6.07 Å². The maximum atomic E-state index is 11.8. The van der Waals surface area contributed by atoms with E-state index in [4.69, 9.17) is 4.42 Å². The molecule has 0 aliphatic rings. The number of pyridine rings is 1. The second-order valence-corrected chi connectivity index (χ2v) is 3.42. The first-order valence-corrected chi connectivity index (χ1v) is 5.00. The van der Waals surface area contributed by atoms with Gasteiger partial charge in [-0.15, -0.1) is 0 Å². The van der Waals surface area contributed by atoms with Crippen molar-refractivity contribution in [1.82, 2.24) is 15.0 Å². The molecule has 0 radical (unpaired) electrons. The average Bonchev–Trinajstić information content (AvgIpc) is 2.40. The van der Waals surface area contributed by atoms with Gasteiger partial charge in [-0.1, -0.05) is 0 Å². The van der Waals surface area contributed by atoms with Crippen molar-refractivity contribution in [2.24, 2.45) is 0 Å². The quantitative estimate of drug-likeness (QED) is 0.629. The summed E-state index contributed by atoms with van der Waals surface area (Å²) in [6.45, 7) is 0. The molecule has 17 heavy (non-hydrogen) atoms. The van der Waals surface area contributed by atoms with Crippen LogP contribution in [-0.2, 0) is 0 Å². The SMILES string of the molecule is O=c1cc(-c2cnccn2)oc2cccnc12. The average molecular weight is 225 g/mol. The monoisotopic (exact) mass is 225 g/mol. The second-order valence-electron chi connectivity index (χ2n) is 3.42. The zero-order valence-corrected chi connectivity index (χ0v) is 8.70. The Morgan fingerprint density at radius 2 is 2.06 bits per heavy atom. The fraction of sp³-hybridized carbons (Fsp3) is 0. The third kappa shape index (κ3) is 1.67. The van der Waals surface area contributed by atoms with Gasteiger partial charge in [-0.3, -0.25) is 9.78 Å². The van der Waals surface area contributed by atoms with Crippen LogP contribution in [0.15, 0.2) is 52.2 Å². The Balaban J connectivity index is 2.30. The molecule has 3 aromatic rings. The predicted molar refractivity (Wildman–Crippen MR) is 61.3 cm³/mol. The van der Waals surface area contributed by atoms with E-state index < -0.39 is 0 Å². The molecule has 0 bridgehead atoms. The Morgan fingerprint density at radius 3 is 2.88 bits per heavy atom. The van der Waals surface area contributed by atoms with Crippen LogP contribution in [0.25, 0.3) is 22.6 Å². The number of nitrogens with zero attached hydrogens (tertiary/aromatic N) is 3. The summed E-state index contributed by atoms with van der Waals surface area (Å²) in [6.07, 6.45) is 6.20. The van der Waals surface area contributed by atoms with E-state index in [0.29, 0.717) is 22.6 Å². The molecule has 5 heteroatoms. The van der Waals surface area contributed by atoms with Crippen molar-refractivity contribution < 1.29 is 4.42 Å². The molecule has 3 rings (SSSR count). The summed E-state index contributed by atoms with van der Waals surface area (Å²) < 4.78 is 5.56. The minimum atomic E-state index is -0.187. The molecule has 3 aromatic heterocycles. The summed E-state index contributed by atoms with van der Waals surface area (Å²) >= 11 is 0. The Kier molecular flexibility index (Phi) is 2.15. The molecule has 0 atom stereocenters. The summed E-state index contributed by atoms with van der Waals surface area (Å²) in [5.74, 6) is 0.392. The van der Waals surface area contributed by atoms with Crippen LogP contribution in [0, 0.1) is 0 Å². The highest BCUT2D eigenvalue weighted by molar-refractivity contribution is 5.73. The van der Waals surface area contributed by atoms with Gasteiger partial charge >= 0.3 is 0 Å². The lowest BCUT2D eigenvalue weighted by Crippen LogP contribution is -2.02. The van der Waals surface area contributed by atoms with Gasteiger partial charge in [0.15, 0.2) is 16.9 Å². The van der Waals surface area contributed by atoms with Gasteiger partial charge in [-0.2, -0.15) is 0 Å². The standard InChI is InChI=1S/C12H7N3O2/c16-9-6-11(8-7-13-4-5-14-8)17-10-2-1-3-15-12(9)10/h1-7H. The van der Waals surface area contributed by atoms with Gasteiger partial charge in [-0.05, 0) is 12.1 Å². The van der Waals surface area contributed by atoms with Crippen LogP contribution in [0.5, 0.6) is 0 Å². The Bertz CT molecular complexity index is 722. The van der Waals surface area contributed by atoms with Crippen molar-refractivity contribution in [3.05, 3.63) is 53.2 Å². The maximum Gasteiger partial charge on any atom is 0.211 e. The molecule has 0 fully saturated rings. The Hall–Kier alpha value is -2.56. The summed E-state index contributed by atoms with van der Waals surface area (Å²) in [5.41, 5.74) is 1.10. The highest BCUT2D eigenvalue weighted by atomic mass is 16.3. The summed E-state index contributed by atoms with van der Waals surface area (Å²) in [5, 5.41) is 0. The first kappa shape index (κ1) is 9.65. The minimum Gasteiger partial charge on any atom is -0.452 e. The van der Waals surface area contributed by atoms with Crippen LogP contribution < -0.4 is 5.43 Å². The van der Waals surface area contributed by atoms with Gasteiger partial charge in [0.1, 0.15) is 5.69 Å². The summed E-state index contributed by atoms with van der Waals surface area (Å²) in [4.78, 5) is 23.8. The van der Waals surface area contributed by atoms with Crippen LogP contribution in [0.4, 0.5) is 0 Å². The van der Waals surface area contributed by atoms with E-state index in [1.807, 2.05) is 0 Å². The molecule has 0 spiro atoms. The molecule has 3 heterocycles. The first-order chi connectivity index (χ1) is 8.34. The van der Waals surface area contributed by atoms with Gasteiger partial charge in [0.05, 0.1) is 6.20 Å². The summed E-state index contributed by atoms with van der Waals surface area (Å²) in [6, 6.07) is 4.79. The fourth-order valence-electron chi connectivity index (χ4n) is 1.55. The van der Waals surface area contributed by atoms with Crippen molar-refractivity contribution in [3.63, 3.8) is 0 Å². The largest absolute Gasteiger partial charge is 0.452 e. The lowest BCUT2D eigenvalue weighted by molar-refractivity contribution is 0.614. The van der Waals surface area contributed by atoms with E-state index in [1.54, 1.807) is 36.9 Å². The summed E-state index contributed by atoms with van der Waals surface area (Å²) in [7, 11) is 0. The predicted octanol–water partition coefficient (Wildman–Crippen LogP) is 1.64. The van der Waals surface area contributed by atoms with Crippen molar-refractivity contribution in [2.45, 2.75) is 0 Å². The highest BCUT2D eigenvalue weighted by Gasteiger charge is 2.07. The van der Waals surface area contributed by atoms with Gasteiger partial charge in [0.25, 0.3) is 0 Å². The van der Waals surface area contributed by atoms with Gasteiger partial charge in [0, 0.05) is 24.7 Å². The molecule has 5 nitrogen and oxygen atoms in total. The molecular weight excluding hydrogens is 218 g/mol. The van der Waals surface area contributed by atoms with Gasteiger partial charge in [0.2, 0.25) is 5.43 Å². The number of hydrogen-bond acceptors (Lipinski definition) is 5. The molecule has 0 amide bonds. The molecule has 0 saturated carbocycles. The molecule has 0 aliphatic heterocycles. The number of aromatic nitrogens is 3. The van der Waals surface area contributed by atoms with Crippen molar-refractivity contribution in [3.8, 4) is 11.5 Å². The molecule has 82 valence electrons. The fourth-order valence-corrected chi connectivity index (χ4v) is 1.55. The molecule has 0 aliphatic carbocycles. The molecule has 0 N–H and O–H groups in total. The smallest absolute Gasteiger partial charge is 0.211 e. The molecular formula is C12H7N3O2. The lowest BCUT2D eigenvalue weighted by Gasteiger charge is -2.00.